The van der Waals surface area contributed by atoms with Crippen LogP contribution >= 0.6 is 0 Å². The number of para-hydroxylation sites is 3. The Morgan fingerprint density at radius 1 is 1.15 bits per heavy atom. The molecule has 0 aliphatic carbocycles. The average Bonchev–Trinajstić information content (AvgIpc) is 3.08. The van der Waals surface area contributed by atoms with Crippen molar-refractivity contribution < 1.29 is 9.53 Å². The first kappa shape index (κ1) is 16.5. The first-order valence-corrected chi connectivity index (χ1v) is 9.01. The van der Waals surface area contributed by atoms with Gasteiger partial charge in [-0.15, -0.1) is 0 Å². The Kier molecular flexibility index (Phi) is 4.52. The lowest BCUT2D eigenvalue weighted by Crippen LogP contribution is -2.48. The fraction of sp³-hybridized carbons (Fsp3) is 0.286. The maximum Gasteiger partial charge on any atom is 0.262 e. The van der Waals surface area contributed by atoms with Gasteiger partial charge in [0.1, 0.15) is 5.75 Å². The molecule has 0 spiro atoms. The van der Waals surface area contributed by atoms with Crippen molar-refractivity contribution in [3.63, 3.8) is 0 Å². The summed E-state index contributed by atoms with van der Waals surface area (Å²) in [6.45, 7) is 2.07. The summed E-state index contributed by atoms with van der Waals surface area (Å²) in [5, 5.41) is 4.25. The molecule has 1 N–H and O–H groups in total. The van der Waals surface area contributed by atoms with Gasteiger partial charge in [-0.2, -0.15) is 0 Å². The fourth-order valence-corrected chi connectivity index (χ4v) is 3.46. The van der Waals surface area contributed by atoms with Gasteiger partial charge in [-0.25, -0.2) is 0 Å². The number of amides is 1. The van der Waals surface area contributed by atoms with Crippen LogP contribution in [0.15, 0.2) is 60.8 Å². The number of anilines is 1. The number of aryl methyl sites for hydroxylation is 1. The number of benzene rings is 2. The molecule has 26 heavy (non-hydrogen) atoms. The first-order chi connectivity index (χ1) is 12.7. The summed E-state index contributed by atoms with van der Waals surface area (Å²) in [6.07, 6.45) is 2.51. The third-order valence-electron chi connectivity index (χ3n) is 4.83. The molecule has 2 aromatic carbocycles. The van der Waals surface area contributed by atoms with E-state index >= 15 is 0 Å². The molecule has 5 nitrogen and oxygen atoms in total. The van der Waals surface area contributed by atoms with Gasteiger partial charge in [-0.05, 0) is 36.1 Å². The van der Waals surface area contributed by atoms with Gasteiger partial charge in [-0.1, -0.05) is 30.3 Å². The van der Waals surface area contributed by atoms with Crippen molar-refractivity contribution in [2.45, 2.75) is 19.1 Å². The van der Waals surface area contributed by atoms with Crippen LogP contribution < -0.4 is 15.0 Å². The average molecular weight is 349 g/mol. The van der Waals surface area contributed by atoms with Crippen molar-refractivity contribution in [3.05, 3.63) is 60.8 Å². The molecule has 3 aromatic rings. The highest BCUT2D eigenvalue weighted by Crippen LogP contribution is 2.31. The Bertz CT molecular complexity index is 918. The largest absolute Gasteiger partial charge is 0.477 e. The fourth-order valence-electron chi connectivity index (χ4n) is 3.46. The number of carbonyl (C=O) groups is 1. The summed E-state index contributed by atoms with van der Waals surface area (Å²) >= 11 is 0. The van der Waals surface area contributed by atoms with Gasteiger partial charge < -0.3 is 19.5 Å². The number of nitrogens with one attached hydrogen (secondary N) is 1. The molecule has 1 aromatic heterocycles. The minimum absolute atomic E-state index is 0.0521. The molecule has 4 rings (SSSR count). The predicted molar refractivity (Wildman–Crippen MR) is 104 cm³/mol. The molecule has 1 atom stereocenters. The highest BCUT2D eigenvalue weighted by molar-refractivity contribution is 5.83. The zero-order valence-corrected chi connectivity index (χ0v) is 14.9. The lowest BCUT2D eigenvalue weighted by Gasteiger charge is -2.32. The SMILES string of the molecule is CN1CC(C(=O)NCCCn2ccc3ccccc32)Oc2ccccc21. The quantitative estimate of drug-likeness (QED) is 0.720. The molecule has 1 amide bonds. The van der Waals surface area contributed by atoms with E-state index in [0.717, 1.165) is 24.4 Å². The van der Waals surface area contributed by atoms with E-state index in [1.807, 2.05) is 37.4 Å². The maximum atomic E-state index is 12.5. The number of hydrogen-bond acceptors (Lipinski definition) is 3. The zero-order chi connectivity index (χ0) is 17.9. The molecule has 0 bridgehead atoms. The van der Waals surface area contributed by atoms with E-state index in [-0.39, 0.29) is 5.91 Å². The standard InChI is InChI=1S/C21H23N3O2/c1-23-15-20(26-19-10-5-4-9-18(19)23)21(25)22-12-6-13-24-14-11-16-7-2-3-8-17(16)24/h2-5,7-11,14,20H,6,12-13,15H2,1H3,(H,22,25). The van der Waals surface area contributed by atoms with Gasteiger partial charge in [-0.3, -0.25) is 4.79 Å². The minimum atomic E-state index is -0.470. The molecule has 1 unspecified atom stereocenters. The van der Waals surface area contributed by atoms with E-state index in [4.69, 9.17) is 4.74 Å². The molecule has 0 saturated carbocycles. The zero-order valence-electron chi connectivity index (χ0n) is 14.9. The van der Waals surface area contributed by atoms with Crippen LogP contribution in [0.3, 0.4) is 0 Å². The Labute approximate surface area is 153 Å². The third kappa shape index (κ3) is 3.25. The number of fused-ring (bicyclic) bond motifs is 2. The van der Waals surface area contributed by atoms with E-state index in [1.165, 1.54) is 10.9 Å². The molecular weight excluding hydrogens is 326 g/mol. The number of aromatic nitrogens is 1. The van der Waals surface area contributed by atoms with E-state index < -0.39 is 6.10 Å². The summed E-state index contributed by atoms with van der Waals surface area (Å²) in [5.74, 6) is 0.712. The van der Waals surface area contributed by atoms with E-state index in [0.29, 0.717) is 13.1 Å². The normalized spacial score (nSPS) is 16.2. The molecule has 134 valence electrons. The van der Waals surface area contributed by atoms with Crippen molar-refractivity contribution in [1.82, 2.24) is 9.88 Å². The highest BCUT2D eigenvalue weighted by Gasteiger charge is 2.28. The highest BCUT2D eigenvalue weighted by atomic mass is 16.5. The summed E-state index contributed by atoms with van der Waals surface area (Å²) < 4.78 is 8.09. The van der Waals surface area contributed by atoms with Crippen LogP contribution in [0.25, 0.3) is 10.9 Å². The van der Waals surface area contributed by atoms with E-state index in [1.54, 1.807) is 0 Å². The summed E-state index contributed by atoms with van der Waals surface area (Å²) in [5.41, 5.74) is 2.25. The number of hydrogen-bond donors (Lipinski definition) is 1. The van der Waals surface area contributed by atoms with Crippen LogP contribution in [0.5, 0.6) is 5.75 Å². The Morgan fingerprint density at radius 2 is 1.96 bits per heavy atom. The molecule has 1 aliphatic rings. The topological polar surface area (TPSA) is 46.5 Å². The number of rotatable bonds is 5. The first-order valence-electron chi connectivity index (χ1n) is 9.01. The van der Waals surface area contributed by atoms with Crippen molar-refractivity contribution in [3.8, 4) is 5.75 Å². The number of ether oxygens (including phenoxy) is 1. The van der Waals surface area contributed by atoms with Gasteiger partial charge in [0, 0.05) is 31.9 Å². The van der Waals surface area contributed by atoms with Gasteiger partial charge in [0.15, 0.2) is 6.10 Å². The lowest BCUT2D eigenvalue weighted by atomic mass is 10.2. The third-order valence-corrected chi connectivity index (χ3v) is 4.83. The summed E-state index contributed by atoms with van der Waals surface area (Å²) in [7, 11) is 1.98. The van der Waals surface area contributed by atoms with Crippen LogP contribution in [0, 0.1) is 0 Å². The van der Waals surface area contributed by atoms with Gasteiger partial charge in [0.05, 0.1) is 12.2 Å². The smallest absolute Gasteiger partial charge is 0.262 e. The molecule has 5 heteroatoms. The van der Waals surface area contributed by atoms with Crippen LogP contribution in [0.2, 0.25) is 0 Å². The van der Waals surface area contributed by atoms with Crippen molar-refractivity contribution in [2.24, 2.45) is 0 Å². The molecule has 0 saturated heterocycles. The predicted octanol–water partition coefficient (Wildman–Crippen LogP) is 3.05. The maximum absolute atomic E-state index is 12.5. The molecule has 2 heterocycles. The second-order valence-corrected chi connectivity index (χ2v) is 6.67. The Morgan fingerprint density at radius 3 is 2.88 bits per heavy atom. The summed E-state index contributed by atoms with van der Waals surface area (Å²) in [6, 6.07) is 18.3. The molecule has 0 fully saturated rings. The van der Waals surface area contributed by atoms with Gasteiger partial charge in [0.2, 0.25) is 0 Å². The van der Waals surface area contributed by atoms with Crippen molar-refractivity contribution >= 4 is 22.5 Å². The number of carbonyl (C=O) groups excluding carboxylic acids is 1. The molecular formula is C21H23N3O2. The second kappa shape index (κ2) is 7.12. The minimum Gasteiger partial charge on any atom is -0.477 e. The van der Waals surface area contributed by atoms with E-state index in [2.05, 4.69) is 45.2 Å². The monoisotopic (exact) mass is 349 g/mol. The molecule has 1 aliphatic heterocycles. The Hall–Kier alpha value is -2.95. The van der Waals surface area contributed by atoms with E-state index in [9.17, 15) is 4.79 Å². The summed E-state index contributed by atoms with van der Waals surface area (Å²) in [4.78, 5) is 14.5. The van der Waals surface area contributed by atoms with Crippen LogP contribution in [0.1, 0.15) is 6.42 Å². The lowest BCUT2D eigenvalue weighted by molar-refractivity contribution is -0.127. The van der Waals surface area contributed by atoms with Crippen molar-refractivity contribution in [2.75, 3.05) is 25.0 Å². The Balaban J connectivity index is 1.29. The molecule has 0 radical (unpaired) electrons. The van der Waals surface area contributed by atoms with Gasteiger partial charge >= 0.3 is 0 Å². The van der Waals surface area contributed by atoms with Gasteiger partial charge in [0.25, 0.3) is 5.91 Å². The second-order valence-electron chi connectivity index (χ2n) is 6.67. The van der Waals surface area contributed by atoms with Crippen LogP contribution in [0.4, 0.5) is 5.69 Å². The van der Waals surface area contributed by atoms with Crippen LogP contribution in [-0.4, -0.2) is 36.7 Å². The van der Waals surface area contributed by atoms with Crippen molar-refractivity contribution in [1.29, 1.82) is 0 Å². The number of nitrogens with zero attached hydrogens (tertiary/aromatic N) is 2. The van der Waals surface area contributed by atoms with Crippen LogP contribution in [-0.2, 0) is 11.3 Å². The number of likely N-dealkylation sites (N-methyl/N-ethyl adjacent to an activating group) is 1.